The summed E-state index contributed by atoms with van der Waals surface area (Å²) in [6.07, 6.45) is 0.757. The number of fused-ring (bicyclic) bond motifs is 1. The zero-order chi connectivity index (χ0) is 13.1. The van der Waals surface area contributed by atoms with E-state index in [0.29, 0.717) is 5.89 Å². The van der Waals surface area contributed by atoms with Gasteiger partial charge in [0.05, 0.1) is 6.04 Å². The predicted molar refractivity (Wildman–Crippen MR) is 70.5 cm³/mol. The molecule has 1 heterocycles. The van der Waals surface area contributed by atoms with Crippen molar-refractivity contribution in [3.63, 3.8) is 0 Å². The number of rotatable bonds is 4. The molecule has 0 radical (unpaired) electrons. The van der Waals surface area contributed by atoms with Crippen molar-refractivity contribution < 1.29 is 9.21 Å². The predicted octanol–water partition coefficient (Wildman–Crippen LogP) is 1.94. The second kappa shape index (κ2) is 5.18. The summed E-state index contributed by atoms with van der Waals surface area (Å²) in [5.74, 6) is 0.633. The lowest BCUT2D eigenvalue weighted by Crippen LogP contribution is -2.35. The number of nitrogens with one attached hydrogen (secondary N) is 2. The van der Waals surface area contributed by atoms with Gasteiger partial charge in [-0.3, -0.25) is 4.79 Å². The lowest BCUT2D eigenvalue weighted by Gasteiger charge is -2.10. The van der Waals surface area contributed by atoms with E-state index in [2.05, 4.69) is 15.6 Å². The molecule has 0 saturated carbocycles. The first-order valence-electron chi connectivity index (χ1n) is 6.01. The summed E-state index contributed by atoms with van der Waals surface area (Å²) in [7, 11) is 1.75. The molecule has 1 aromatic heterocycles. The first kappa shape index (κ1) is 12.6. The van der Waals surface area contributed by atoms with E-state index < -0.39 is 0 Å². The number of oxazole rings is 1. The SMILES string of the molecule is CCc1nc2cc(NC(=O)C(C)NC)ccc2o1. The molecule has 0 aliphatic carbocycles. The normalized spacial score (nSPS) is 12.6. The summed E-state index contributed by atoms with van der Waals surface area (Å²) in [4.78, 5) is 16.1. The molecular formula is C13H17N3O2. The van der Waals surface area contributed by atoms with Crippen molar-refractivity contribution in [1.29, 1.82) is 0 Å². The summed E-state index contributed by atoms with van der Waals surface area (Å²) >= 11 is 0. The monoisotopic (exact) mass is 247 g/mol. The second-order valence-corrected chi connectivity index (χ2v) is 4.14. The zero-order valence-electron chi connectivity index (χ0n) is 10.8. The van der Waals surface area contributed by atoms with Crippen LogP contribution in [0.2, 0.25) is 0 Å². The molecule has 2 rings (SSSR count). The number of hydrogen-bond acceptors (Lipinski definition) is 4. The molecule has 5 heteroatoms. The fraction of sp³-hybridized carbons (Fsp3) is 0.385. The third-order valence-electron chi connectivity index (χ3n) is 2.83. The van der Waals surface area contributed by atoms with Crippen molar-refractivity contribution in [3.05, 3.63) is 24.1 Å². The van der Waals surface area contributed by atoms with Gasteiger partial charge in [-0.2, -0.15) is 0 Å². The fourth-order valence-electron chi connectivity index (χ4n) is 1.59. The highest BCUT2D eigenvalue weighted by Crippen LogP contribution is 2.20. The van der Waals surface area contributed by atoms with Gasteiger partial charge in [0.1, 0.15) is 5.52 Å². The average molecular weight is 247 g/mol. The van der Waals surface area contributed by atoms with Gasteiger partial charge in [-0.05, 0) is 32.2 Å². The van der Waals surface area contributed by atoms with E-state index in [1.165, 1.54) is 0 Å². The number of hydrogen-bond donors (Lipinski definition) is 2. The number of carbonyl (C=O) groups excluding carboxylic acids is 1. The molecule has 0 aliphatic heterocycles. The Balaban J connectivity index is 2.21. The smallest absolute Gasteiger partial charge is 0.241 e. The molecule has 2 aromatic rings. The van der Waals surface area contributed by atoms with Crippen LogP contribution in [0.25, 0.3) is 11.1 Å². The molecular weight excluding hydrogens is 230 g/mol. The standard InChI is InChI=1S/C13H17N3O2/c1-4-12-16-10-7-9(5-6-11(10)18-12)15-13(17)8(2)14-3/h5-8,14H,4H2,1-3H3,(H,15,17). The van der Waals surface area contributed by atoms with Gasteiger partial charge in [-0.25, -0.2) is 4.98 Å². The summed E-state index contributed by atoms with van der Waals surface area (Å²) in [5.41, 5.74) is 2.24. The molecule has 0 aliphatic rings. The maximum absolute atomic E-state index is 11.7. The number of aromatic nitrogens is 1. The van der Waals surface area contributed by atoms with Gasteiger partial charge >= 0.3 is 0 Å². The van der Waals surface area contributed by atoms with Gasteiger partial charge in [0.2, 0.25) is 5.91 Å². The van der Waals surface area contributed by atoms with Crippen LogP contribution in [0.4, 0.5) is 5.69 Å². The molecule has 0 bridgehead atoms. The number of aryl methyl sites for hydroxylation is 1. The number of amides is 1. The van der Waals surface area contributed by atoms with E-state index in [0.717, 1.165) is 23.2 Å². The first-order chi connectivity index (χ1) is 8.63. The van der Waals surface area contributed by atoms with E-state index in [-0.39, 0.29) is 11.9 Å². The van der Waals surface area contributed by atoms with E-state index in [1.807, 2.05) is 25.1 Å². The van der Waals surface area contributed by atoms with Crippen molar-refractivity contribution >= 4 is 22.7 Å². The Morgan fingerprint density at radius 2 is 2.28 bits per heavy atom. The fourth-order valence-corrected chi connectivity index (χ4v) is 1.59. The molecule has 0 saturated heterocycles. The van der Waals surface area contributed by atoms with Crippen LogP contribution in [0.15, 0.2) is 22.6 Å². The number of anilines is 1. The Labute approximate surface area is 106 Å². The molecule has 1 amide bonds. The molecule has 96 valence electrons. The second-order valence-electron chi connectivity index (χ2n) is 4.14. The van der Waals surface area contributed by atoms with Gasteiger partial charge in [0, 0.05) is 12.1 Å². The third kappa shape index (κ3) is 2.51. The van der Waals surface area contributed by atoms with Crippen LogP contribution >= 0.6 is 0 Å². The van der Waals surface area contributed by atoms with E-state index in [4.69, 9.17) is 4.42 Å². The lowest BCUT2D eigenvalue weighted by molar-refractivity contribution is -0.117. The van der Waals surface area contributed by atoms with Crippen LogP contribution in [0.5, 0.6) is 0 Å². The van der Waals surface area contributed by atoms with E-state index >= 15 is 0 Å². The Hall–Kier alpha value is -1.88. The maximum Gasteiger partial charge on any atom is 0.241 e. The molecule has 0 fully saturated rings. The number of nitrogens with zero attached hydrogens (tertiary/aromatic N) is 1. The van der Waals surface area contributed by atoms with Crippen molar-refractivity contribution in [3.8, 4) is 0 Å². The van der Waals surface area contributed by atoms with E-state index in [1.54, 1.807) is 14.0 Å². The quantitative estimate of drug-likeness (QED) is 0.866. The Bertz CT molecular complexity index is 562. The minimum Gasteiger partial charge on any atom is -0.441 e. The molecule has 1 aromatic carbocycles. The summed E-state index contributed by atoms with van der Waals surface area (Å²) in [6.45, 7) is 3.79. The molecule has 0 spiro atoms. The minimum absolute atomic E-state index is 0.0731. The maximum atomic E-state index is 11.7. The van der Waals surface area contributed by atoms with E-state index in [9.17, 15) is 4.79 Å². The molecule has 1 unspecified atom stereocenters. The van der Waals surface area contributed by atoms with Crippen LogP contribution in [0.1, 0.15) is 19.7 Å². The van der Waals surface area contributed by atoms with Gasteiger partial charge in [0.25, 0.3) is 0 Å². The van der Waals surface area contributed by atoms with Crippen LogP contribution in [-0.2, 0) is 11.2 Å². The Morgan fingerprint density at radius 1 is 1.50 bits per heavy atom. The van der Waals surface area contributed by atoms with Crippen LogP contribution in [0, 0.1) is 0 Å². The van der Waals surface area contributed by atoms with Gasteiger partial charge < -0.3 is 15.1 Å². The van der Waals surface area contributed by atoms with Crippen LogP contribution in [0.3, 0.4) is 0 Å². The van der Waals surface area contributed by atoms with Crippen LogP contribution in [-0.4, -0.2) is 24.0 Å². The third-order valence-corrected chi connectivity index (χ3v) is 2.83. The topological polar surface area (TPSA) is 67.2 Å². The summed E-state index contributed by atoms with van der Waals surface area (Å²) in [6, 6.07) is 5.22. The Kier molecular flexibility index (Phi) is 3.62. The largest absolute Gasteiger partial charge is 0.441 e. The van der Waals surface area contributed by atoms with Crippen molar-refractivity contribution in [2.45, 2.75) is 26.3 Å². The molecule has 18 heavy (non-hydrogen) atoms. The van der Waals surface area contributed by atoms with Gasteiger partial charge in [0.15, 0.2) is 11.5 Å². The first-order valence-corrected chi connectivity index (χ1v) is 6.01. The number of likely N-dealkylation sites (N-methyl/N-ethyl adjacent to an activating group) is 1. The van der Waals surface area contributed by atoms with Crippen molar-refractivity contribution in [1.82, 2.24) is 10.3 Å². The number of benzene rings is 1. The highest BCUT2D eigenvalue weighted by molar-refractivity contribution is 5.95. The summed E-state index contributed by atoms with van der Waals surface area (Å²) in [5, 5.41) is 5.72. The van der Waals surface area contributed by atoms with Crippen molar-refractivity contribution in [2.24, 2.45) is 0 Å². The highest BCUT2D eigenvalue weighted by Gasteiger charge is 2.11. The van der Waals surface area contributed by atoms with Gasteiger partial charge in [-0.15, -0.1) is 0 Å². The summed E-state index contributed by atoms with van der Waals surface area (Å²) < 4.78 is 5.51. The number of carbonyl (C=O) groups is 1. The zero-order valence-corrected chi connectivity index (χ0v) is 10.8. The van der Waals surface area contributed by atoms with Crippen LogP contribution < -0.4 is 10.6 Å². The lowest BCUT2D eigenvalue weighted by atomic mass is 10.2. The molecule has 2 N–H and O–H groups in total. The average Bonchev–Trinajstić information content (AvgIpc) is 2.79. The molecule has 5 nitrogen and oxygen atoms in total. The van der Waals surface area contributed by atoms with Crippen molar-refractivity contribution in [2.75, 3.05) is 12.4 Å². The highest BCUT2D eigenvalue weighted by atomic mass is 16.3. The molecule has 1 atom stereocenters. The Morgan fingerprint density at radius 3 is 2.94 bits per heavy atom. The minimum atomic E-state index is -0.232. The van der Waals surface area contributed by atoms with Gasteiger partial charge in [-0.1, -0.05) is 6.92 Å².